The molecule has 0 unspecified atom stereocenters. The number of nitrogens with one attached hydrogen (secondary N) is 1. The minimum atomic E-state index is -0.410. The number of ether oxygens (including phenoxy) is 1. The number of amides is 1. The molecule has 9 heteroatoms. The van der Waals surface area contributed by atoms with Crippen LogP contribution in [0.5, 0.6) is 5.75 Å². The molecule has 0 fully saturated rings. The van der Waals surface area contributed by atoms with Crippen molar-refractivity contribution in [1.82, 2.24) is 18.9 Å². The van der Waals surface area contributed by atoms with E-state index in [1.54, 1.807) is 28.5 Å². The monoisotopic (exact) mass is 525 g/mol. The van der Waals surface area contributed by atoms with Crippen LogP contribution < -0.4 is 21.3 Å². The molecule has 0 atom stereocenters. The van der Waals surface area contributed by atoms with Crippen LogP contribution in [0.25, 0.3) is 33.1 Å². The largest absolute Gasteiger partial charge is 0.496 e. The number of aromatic nitrogens is 4. The molecule has 0 aliphatic carbocycles. The number of nitrogens with zero attached hydrogens (tertiary/aromatic N) is 4. The molecule has 1 amide bonds. The standard InChI is InChI=1S/C30H31N5O4/c1-18(2)16-34-28-26(29(37)33(4)30(34)38)27(21-10-13-22(14-11-21)31-19(3)36)35(32-28)17-24-23-9-7-6-8-20(23)12-15-25(24)39-5/h6-15,18H,16-17H2,1-5H3,(H,31,36). The van der Waals surface area contributed by atoms with Crippen molar-refractivity contribution in [2.75, 3.05) is 12.4 Å². The molecule has 0 spiro atoms. The summed E-state index contributed by atoms with van der Waals surface area (Å²) in [6.07, 6.45) is 0. The smallest absolute Gasteiger partial charge is 0.332 e. The lowest BCUT2D eigenvalue weighted by atomic mass is 10.0. The maximum Gasteiger partial charge on any atom is 0.332 e. The zero-order valence-electron chi connectivity index (χ0n) is 22.7. The van der Waals surface area contributed by atoms with Crippen molar-refractivity contribution < 1.29 is 9.53 Å². The number of fused-ring (bicyclic) bond motifs is 2. The summed E-state index contributed by atoms with van der Waals surface area (Å²) in [5.74, 6) is 0.688. The van der Waals surface area contributed by atoms with Gasteiger partial charge in [-0.1, -0.05) is 56.3 Å². The summed E-state index contributed by atoms with van der Waals surface area (Å²) in [6.45, 7) is 6.21. The first kappa shape index (κ1) is 26.0. The number of rotatable bonds is 7. The fourth-order valence-electron chi connectivity index (χ4n) is 5.03. The van der Waals surface area contributed by atoms with Crippen LogP contribution >= 0.6 is 0 Å². The Morgan fingerprint density at radius 2 is 1.74 bits per heavy atom. The lowest BCUT2D eigenvalue weighted by molar-refractivity contribution is -0.114. The van der Waals surface area contributed by atoms with Gasteiger partial charge in [0.25, 0.3) is 5.56 Å². The Hall–Kier alpha value is -4.66. The Labute approximate surface area is 225 Å². The molecule has 0 bridgehead atoms. The predicted molar refractivity (Wildman–Crippen MR) is 153 cm³/mol. The summed E-state index contributed by atoms with van der Waals surface area (Å²) in [4.78, 5) is 38.4. The maximum atomic E-state index is 13.6. The van der Waals surface area contributed by atoms with Crippen LogP contribution in [0.3, 0.4) is 0 Å². The third kappa shape index (κ3) is 4.71. The molecule has 0 aliphatic heterocycles. The van der Waals surface area contributed by atoms with Gasteiger partial charge in [-0.15, -0.1) is 0 Å². The highest BCUT2D eigenvalue weighted by Crippen LogP contribution is 2.33. The minimum Gasteiger partial charge on any atom is -0.496 e. The van der Waals surface area contributed by atoms with Gasteiger partial charge in [-0.25, -0.2) is 4.79 Å². The van der Waals surface area contributed by atoms with Crippen LogP contribution in [0.15, 0.2) is 70.3 Å². The van der Waals surface area contributed by atoms with E-state index < -0.39 is 11.2 Å². The Kier molecular flexibility index (Phi) is 6.82. The van der Waals surface area contributed by atoms with Gasteiger partial charge in [0.15, 0.2) is 5.65 Å². The number of hydrogen-bond acceptors (Lipinski definition) is 5. The second-order valence-electron chi connectivity index (χ2n) is 10.1. The summed E-state index contributed by atoms with van der Waals surface area (Å²) in [7, 11) is 3.13. The fourth-order valence-corrected chi connectivity index (χ4v) is 5.03. The zero-order valence-corrected chi connectivity index (χ0v) is 22.7. The molecule has 2 aromatic heterocycles. The molecule has 5 rings (SSSR count). The highest BCUT2D eigenvalue weighted by molar-refractivity contribution is 5.93. The molecule has 0 saturated heterocycles. The quantitative estimate of drug-likeness (QED) is 0.340. The van der Waals surface area contributed by atoms with E-state index in [0.29, 0.717) is 41.3 Å². The molecule has 9 nitrogen and oxygen atoms in total. The molecule has 39 heavy (non-hydrogen) atoms. The molecule has 5 aromatic rings. The van der Waals surface area contributed by atoms with Crippen molar-refractivity contribution >= 4 is 33.4 Å². The van der Waals surface area contributed by atoms with Crippen LogP contribution in [-0.2, 0) is 24.9 Å². The Balaban J connectivity index is 1.82. The second kappa shape index (κ2) is 10.2. The van der Waals surface area contributed by atoms with Gasteiger partial charge in [0.2, 0.25) is 5.91 Å². The van der Waals surface area contributed by atoms with Gasteiger partial charge in [0.05, 0.1) is 19.3 Å². The summed E-state index contributed by atoms with van der Waals surface area (Å²) in [6, 6.07) is 19.2. The van der Waals surface area contributed by atoms with E-state index in [1.807, 2.05) is 62.4 Å². The lowest BCUT2D eigenvalue weighted by Crippen LogP contribution is -2.38. The molecular formula is C30H31N5O4. The Morgan fingerprint density at radius 1 is 1.03 bits per heavy atom. The van der Waals surface area contributed by atoms with Crippen LogP contribution in [-0.4, -0.2) is 31.9 Å². The van der Waals surface area contributed by atoms with Crippen LogP contribution in [0.4, 0.5) is 5.69 Å². The van der Waals surface area contributed by atoms with E-state index in [1.165, 1.54) is 14.0 Å². The van der Waals surface area contributed by atoms with Crippen LogP contribution in [0.1, 0.15) is 26.3 Å². The van der Waals surface area contributed by atoms with Gasteiger partial charge < -0.3 is 10.1 Å². The zero-order chi connectivity index (χ0) is 27.8. The number of anilines is 1. The van der Waals surface area contributed by atoms with Gasteiger partial charge in [-0.3, -0.25) is 23.4 Å². The van der Waals surface area contributed by atoms with E-state index in [0.717, 1.165) is 26.5 Å². The van der Waals surface area contributed by atoms with E-state index >= 15 is 0 Å². The number of methoxy groups -OCH3 is 1. The molecule has 3 aromatic carbocycles. The normalized spacial score (nSPS) is 11.4. The highest BCUT2D eigenvalue weighted by Gasteiger charge is 2.24. The molecular weight excluding hydrogens is 494 g/mol. The fraction of sp³-hybridized carbons (Fsp3) is 0.267. The van der Waals surface area contributed by atoms with E-state index in [-0.39, 0.29) is 11.8 Å². The van der Waals surface area contributed by atoms with Crippen molar-refractivity contribution in [3.63, 3.8) is 0 Å². The average Bonchev–Trinajstić information content (AvgIpc) is 3.29. The highest BCUT2D eigenvalue weighted by atomic mass is 16.5. The van der Waals surface area contributed by atoms with Crippen LogP contribution in [0.2, 0.25) is 0 Å². The van der Waals surface area contributed by atoms with Crippen molar-refractivity contribution in [2.45, 2.75) is 33.9 Å². The van der Waals surface area contributed by atoms with E-state index in [2.05, 4.69) is 5.32 Å². The Bertz CT molecular complexity index is 1830. The first-order valence-corrected chi connectivity index (χ1v) is 12.8. The number of carbonyl (C=O) groups excluding carboxylic acids is 1. The van der Waals surface area contributed by atoms with Gasteiger partial charge >= 0.3 is 5.69 Å². The van der Waals surface area contributed by atoms with Gasteiger partial charge in [0.1, 0.15) is 11.1 Å². The number of benzene rings is 3. The average molecular weight is 526 g/mol. The number of carbonyl (C=O) groups is 1. The van der Waals surface area contributed by atoms with Crippen molar-refractivity contribution in [3.05, 3.63) is 87.1 Å². The summed E-state index contributed by atoms with van der Waals surface area (Å²) in [5.41, 5.74) is 2.41. The minimum absolute atomic E-state index is 0.159. The predicted octanol–water partition coefficient (Wildman–Crippen LogP) is 4.39. The molecule has 0 aliphatic rings. The summed E-state index contributed by atoms with van der Waals surface area (Å²) >= 11 is 0. The number of hydrogen-bond donors (Lipinski definition) is 1. The van der Waals surface area contributed by atoms with Gasteiger partial charge in [0, 0.05) is 37.3 Å². The van der Waals surface area contributed by atoms with Crippen molar-refractivity contribution in [2.24, 2.45) is 13.0 Å². The maximum absolute atomic E-state index is 13.6. The SMILES string of the molecule is COc1ccc2ccccc2c1Cn1nc2c(c1-c1ccc(NC(C)=O)cc1)c(=O)n(C)c(=O)n2CC(C)C. The Morgan fingerprint density at radius 3 is 2.41 bits per heavy atom. The summed E-state index contributed by atoms with van der Waals surface area (Å²) in [5, 5.41) is 10.1. The molecule has 200 valence electrons. The first-order chi connectivity index (χ1) is 18.7. The summed E-state index contributed by atoms with van der Waals surface area (Å²) < 4.78 is 10.2. The van der Waals surface area contributed by atoms with Gasteiger partial charge in [-0.05, 0) is 34.9 Å². The van der Waals surface area contributed by atoms with E-state index in [4.69, 9.17) is 9.84 Å². The van der Waals surface area contributed by atoms with Crippen molar-refractivity contribution in [1.29, 1.82) is 0 Å². The van der Waals surface area contributed by atoms with Gasteiger partial charge in [-0.2, -0.15) is 5.10 Å². The first-order valence-electron chi connectivity index (χ1n) is 12.8. The molecule has 0 saturated carbocycles. The molecule has 1 N–H and O–H groups in total. The van der Waals surface area contributed by atoms with E-state index in [9.17, 15) is 14.4 Å². The third-order valence-corrected chi connectivity index (χ3v) is 6.78. The third-order valence-electron chi connectivity index (χ3n) is 6.78. The molecule has 2 heterocycles. The molecule has 0 radical (unpaired) electrons. The second-order valence-corrected chi connectivity index (χ2v) is 10.1. The topological polar surface area (TPSA) is 100 Å². The van der Waals surface area contributed by atoms with Crippen LogP contribution in [0, 0.1) is 5.92 Å². The van der Waals surface area contributed by atoms with Crippen molar-refractivity contribution in [3.8, 4) is 17.0 Å². The lowest BCUT2D eigenvalue weighted by Gasteiger charge is -2.14.